The quantitative estimate of drug-likeness (QED) is 0.313. The number of fused-ring (bicyclic) bond motifs is 1. The summed E-state index contributed by atoms with van der Waals surface area (Å²) >= 11 is 0. The predicted molar refractivity (Wildman–Crippen MR) is 121 cm³/mol. The van der Waals surface area contributed by atoms with Gasteiger partial charge in [-0.25, -0.2) is 9.97 Å². The van der Waals surface area contributed by atoms with E-state index in [1.165, 1.54) is 0 Å². The van der Waals surface area contributed by atoms with Crippen LogP contribution in [0.25, 0.3) is 34.0 Å². The molecule has 0 bridgehead atoms. The van der Waals surface area contributed by atoms with Gasteiger partial charge in [-0.15, -0.1) is 0 Å². The lowest BCUT2D eigenvalue weighted by Gasteiger charge is -2.05. The third-order valence-electron chi connectivity index (χ3n) is 5.14. The van der Waals surface area contributed by atoms with Crippen LogP contribution in [0.1, 0.15) is 25.5 Å². The molecule has 3 aromatic rings. The molecule has 0 spiro atoms. The fourth-order valence-corrected chi connectivity index (χ4v) is 3.40. The Balaban J connectivity index is 1.29. The van der Waals surface area contributed by atoms with Crippen molar-refractivity contribution in [1.82, 2.24) is 24.9 Å². The largest absolute Gasteiger partial charge is 0.494 e. The van der Waals surface area contributed by atoms with Gasteiger partial charge in [0.15, 0.2) is 11.6 Å². The first-order valence-electron chi connectivity index (χ1n) is 10.7. The van der Waals surface area contributed by atoms with E-state index in [0.29, 0.717) is 18.1 Å². The SMILES string of the molecule is CCCCOc1ccc(-c2cc(Cn3cc4nc(-c5ccccc5)nc-4cn3)on2)cc1. The first kappa shape index (κ1) is 19.9. The van der Waals surface area contributed by atoms with Crippen molar-refractivity contribution in [1.29, 1.82) is 0 Å². The van der Waals surface area contributed by atoms with E-state index in [1.807, 2.05) is 66.9 Å². The summed E-state index contributed by atoms with van der Waals surface area (Å²) in [4.78, 5) is 9.22. The van der Waals surface area contributed by atoms with Gasteiger partial charge in [-0.1, -0.05) is 48.8 Å². The number of rotatable bonds is 8. The minimum atomic E-state index is 0.453. The normalized spacial score (nSPS) is 11.2. The number of hydrogen-bond acceptors (Lipinski definition) is 6. The van der Waals surface area contributed by atoms with Gasteiger partial charge in [0.1, 0.15) is 29.4 Å². The van der Waals surface area contributed by atoms with Gasteiger partial charge in [-0.3, -0.25) is 4.68 Å². The highest BCUT2D eigenvalue weighted by Crippen LogP contribution is 2.25. The molecule has 32 heavy (non-hydrogen) atoms. The van der Waals surface area contributed by atoms with Crippen LogP contribution in [0.3, 0.4) is 0 Å². The molecule has 0 radical (unpaired) electrons. The van der Waals surface area contributed by atoms with E-state index in [2.05, 4.69) is 27.1 Å². The highest BCUT2D eigenvalue weighted by Gasteiger charge is 2.14. The van der Waals surface area contributed by atoms with E-state index < -0.39 is 0 Å². The van der Waals surface area contributed by atoms with Gasteiger partial charge in [0.25, 0.3) is 0 Å². The fourth-order valence-electron chi connectivity index (χ4n) is 3.40. The molecule has 5 rings (SSSR count). The summed E-state index contributed by atoms with van der Waals surface area (Å²) in [6.07, 6.45) is 5.77. The summed E-state index contributed by atoms with van der Waals surface area (Å²) in [6, 6.07) is 19.7. The molecule has 3 heterocycles. The molecule has 2 aromatic carbocycles. The van der Waals surface area contributed by atoms with Gasteiger partial charge in [-0.2, -0.15) is 5.10 Å². The molecule has 0 fully saturated rings. The van der Waals surface area contributed by atoms with Crippen LogP contribution in [0.4, 0.5) is 0 Å². The lowest BCUT2D eigenvalue weighted by Crippen LogP contribution is -2.04. The van der Waals surface area contributed by atoms with Crippen LogP contribution >= 0.6 is 0 Å². The molecule has 0 aliphatic carbocycles. The maximum Gasteiger partial charge on any atom is 0.160 e. The van der Waals surface area contributed by atoms with E-state index in [4.69, 9.17) is 9.26 Å². The van der Waals surface area contributed by atoms with E-state index in [0.717, 1.165) is 53.4 Å². The van der Waals surface area contributed by atoms with Crippen LogP contribution in [-0.2, 0) is 6.54 Å². The Morgan fingerprint density at radius 1 is 0.906 bits per heavy atom. The number of nitrogens with zero attached hydrogens (tertiary/aromatic N) is 5. The fraction of sp³-hybridized carbons (Fsp3) is 0.200. The molecule has 0 saturated heterocycles. The summed E-state index contributed by atoms with van der Waals surface area (Å²) in [5.74, 6) is 2.27. The van der Waals surface area contributed by atoms with Crippen molar-refractivity contribution in [2.75, 3.05) is 6.61 Å². The molecule has 2 aliphatic heterocycles. The molecule has 0 saturated carbocycles. The number of imidazole rings is 1. The zero-order valence-electron chi connectivity index (χ0n) is 17.8. The van der Waals surface area contributed by atoms with Crippen molar-refractivity contribution in [3.63, 3.8) is 0 Å². The molecule has 0 N–H and O–H groups in total. The lowest BCUT2D eigenvalue weighted by molar-refractivity contribution is 0.309. The first-order chi connectivity index (χ1) is 15.8. The Morgan fingerprint density at radius 2 is 1.72 bits per heavy atom. The Kier molecular flexibility index (Phi) is 5.61. The zero-order chi connectivity index (χ0) is 21.8. The molecule has 0 atom stereocenters. The molecular weight excluding hydrogens is 402 g/mol. The minimum Gasteiger partial charge on any atom is -0.494 e. The molecule has 1 aromatic heterocycles. The summed E-state index contributed by atoms with van der Waals surface area (Å²) in [6.45, 7) is 3.34. The van der Waals surface area contributed by atoms with Gasteiger partial charge in [0.2, 0.25) is 0 Å². The highest BCUT2D eigenvalue weighted by atomic mass is 16.5. The maximum absolute atomic E-state index is 5.72. The van der Waals surface area contributed by atoms with Crippen molar-refractivity contribution in [3.8, 4) is 39.8 Å². The van der Waals surface area contributed by atoms with Gasteiger partial charge in [-0.05, 0) is 30.7 Å². The summed E-state index contributed by atoms with van der Waals surface area (Å²) in [5, 5.41) is 8.66. The second-order valence-electron chi connectivity index (χ2n) is 7.56. The van der Waals surface area contributed by atoms with Crippen LogP contribution in [0.15, 0.2) is 77.6 Å². The third-order valence-corrected chi connectivity index (χ3v) is 5.14. The Labute approximate surface area is 186 Å². The van der Waals surface area contributed by atoms with Crippen LogP contribution in [-0.4, -0.2) is 31.5 Å². The topological polar surface area (TPSA) is 78.9 Å². The number of benzene rings is 2. The molecule has 160 valence electrons. The van der Waals surface area contributed by atoms with Crippen molar-refractivity contribution < 1.29 is 9.26 Å². The predicted octanol–water partition coefficient (Wildman–Crippen LogP) is 5.33. The van der Waals surface area contributed by atoms with E-state index >= 15 is 0 Å². The van der Waals surface area contributed by atoms with Crippen LogP contribution in [0.2, 0.25) is 0 Å². The molecule has 7 heteroatoms. The summed E-state index contributed by atoms with van der Waals surface area (Å²) < 4.78 is 13.0. The average molecular weight is 425 g/mol. The maximum atomic E-state index is 5.72. The smallest absolute Gasteiger partial charge is 0.160 e. The molecule has 7 nitrogen and oxygen atoms in total. The Bertz CT molecular complexity index is 1260. The molecular formula is C25H23N5O2. The van der Waals surface area contributed by atoms with E-state index in [-0.39, 0.29) is 0 Å². The third kappa shape index (κ3) is 4.37. The van der Waals surface area contributed by atoms with E-state index in [1.54, 1.807) is 10.9 Å². The first-order valence-corrected chi connectivity index (χ1v) is 10.7. The van der Waals surface area contributed by atoms with Crippen molar-refractivity contribution >= 4 is 0 Å². The molecule has 0 unspecified atom stereocenters. The molecule has 0 amide bonds. The standard InChI is InChI=1S/C25H23N5O2/c1-2-3-13-31-20-11-9-18(10-12-20)22-14-21(32-29-22)16-30-17-24-23(15-26-30)27-25(28-24)19-7-5-4-6-8-19/h4-12,14-15,17H,2-3,13,16H2,1H3. The van der Waals surface area contributed by atoms with Crippen LogP contribution in [0.5, 0.6) is 5.75 Å². The van der Waals surface area contributed by atoms with Gasteiger partial charge < -0.3 is 9.26 Å². The summed E-state index contributed by atoms with van der Waals surface area (Å²) in [5.41, 5.74) is 4.29. The van der Waals surface area contributed by atoms with Crippen molar-refractivity contribution in [2.45, 2.75) is 26.3 Å². The average Bonchev–Trinajstić information content (AvgIpc) is 3.47. The van der Waals surface area contributed by atoms with Crippen LogP contribution in [0, 0.1) is 0 Å². The number of aromatic nitrogens is 5. The van der Waals surface area contributed by atoms with Gasteiger partial charge in [0.05, 0.1) is 19.0 Å². The summed E-state index contributed by atoms with van der Waals surface area (Å²) in [7, 11) is 0. The molecule has 2 aliphatic rings. The Hall–Kier alpha value is -4.00. The highest BCUT2D eigenvalue weighted by molar-refractivity contribution is 5.65. The number of unbranched alkanes of at least 4 members (excludes halogenated alkanes) is 1. The Morgan fingerprint density at radius 3 is 2.53 bits per heavy atom. The van der Waals surface area contributed by atoms with Crippen molar-refractivity contribution in [3.05, 3.63) is 78.8 Å². The number of ether oxygens (including phenoxy) is 1. The zero-order valence-corrected chi connectivity index (χ0v) is 17.8. The second-order valence-corrected chi connectivity index (χ2v) is 7.56. The number of hydrogen-bond donors (Lipinski definition) is 0. The van der Waals surface area contributed by atoms with E-state index in [9.17, 15) is 0 Å². The monoisotopic (exact) mass is 425 g/mol. The van der Waals surface area contributed by atoms with Crippen molar-refractivity contribution in [2.24, 2.45) is 0 Å². The lowest BCUT2D eigenvalue weighted by atomic mass is 10.1. The second kappa shape index (κ2) is 9.01. The van der Waals surface area contributed by atoms with Gasteiger partial charge >= 0.3 is 0 Å². The van der Waals surface area contributed by atoms with Crippen LogP contribution < -0.4 is 4.74 Å². The van der Waals surface area contributed by atoms with Gasteiger partial charge in [0, 0.05) is 17.2 Å². The minimum absolute atomic E-state index is 0.453.